The number of nitriles is 1. The normalized spacial score (nSPS) is 10.9. The van der Waals surface area contributed by atoms with Gasteiger partial charge in [-0.25, -0.2) is 9.97 Å². The lowest BCUT2D eigenvalue weighted by Crippen LogP contribution is -2.29. The molecule has 4 heteroatoms. The van der Waals surface area contributed by atoms with Gasteiger partial charge in [0.05, 0.1) is 12.4 Å². The average Bonchev–Trinajstić information content (AvgIpc) is 2.15. The van der Waals surface area contributed by atoms with Crippen molar-refractivity contribution in [2.24, 2.45) is 5.41 Å². The molecular weight excluding hydrogens is 188 g/mol. The molecule has 1 aromatic rings. The second kappa shape index (κ2) is 4.26. The molecule has 0 bridgehead atoms. The molecule has 1 aromatic heterocycles. The van der Waals surface area contributed by atoms with Gasteiger partial charge in [0.25, 0.3) is 0 Å². The van der Waals surface area contributed by atoms with E-state index in [4.69, 9.17) is 5.26 Å². The van der Waals surface area contributed by atoms with E-state index in [1.54, 1.807) is 6.20 Å². The van der Waals surface area contributed by atoms with Gasteiger partial charge in [-0.05, 0) is 5.41 Å². The van der Waals surface area contributed by atoms with Crippen molar-refractivity contribution in [3.05, 3.63) is 18.1 Å². The summed E-state index contributed by atoms with van der Waals surface area (Å²) >= 11 is 0. The van der Waals surface area contributed by atoms with E-state index in [9.17, 15) is 0 Å². The van der Waals surface area contributed by atoms with Crippen LogP contribution >= 0.6 is 0 Å². The van der Waals surface area contributed by atoms with Gasteiger partial charge in [-0.1, -0.05) is 20.8 Å². The first-order valence-corrected chi connectivity index (χ1v) is 4.86. The number of hydrogen-bond acceptors (Lipinski definition) is 4. The highest BCUT2D eigenvalue weighted by Gasteiger charge is 2.14. The quantitative estimate of drug-likeness (QED) is 0.737. The number of nitrogens with zero attached hydrogens (tertiary/aromatic N) is 4. The Balaban J connectivity index is 2.75. The minimum Gasteiger partial charge on any atom is -0.358 e. The van der Waals surface area contributed by atoms with Crippen LogP contribution in [0.3, 0.4) is 0 Å². The van der Waals surface area contributed by atoms with E-state index >= 15 is 0 Å². The standard InChI is InChI=1S/C11H16N4/c1-11(2,3)8-15(4)10-7-13-9(5-12)6-14-10/h6-7H,8H2,1-4H3. The molecule has 0 aromatic carbocycles. The molecule has 0 aliphatic rings. The topological polar surface area (TPSA) is 52.8 Å². The molecule has 80 valence electrons. The zero-order valence-corrected chi connectivity index (χ0v) is 9.65. The molecule has 0 spiro atoms. The summed E-state index contributed by atoms with van der Waals surface area (Å²) in [6.07, 6.45) is 3.12. The summed E-state index contributed by atoms with van der Waals surface area (Å²) in [7, 11) is 1.97. The van der Waals surface area contributed by atoms with Crippen molar-refractivity contribution in [3.63, 3.8) is 0 Å². The van der Waals surface area contributed by atoms with Crippen LogP contribution in [0.1, 0.15) is 26.5 Å². The molecule has 0 radical (unpaired) electrons. The summed E-state index contributed by atoms with van der Waals surface area (Å²) in [6, 6.07) is 1.95. The van der Waals surface area contributed by atoms with Crippen LogP contribution in [-0.2, 0) is 0 Å². The van der Waals surface area contributed by atoms with Gasteiger partial charge in [0, 0.05) is 13.6 Å². The third-order valence-electron chi connectivity index (χ3n) is 1.86. The van der Waals surface area contributed by atoms with Crippen LogP contribution in [0, 0.1) is 16.7 Å². The molecular formula is C11H16N4. The van der Waals surface area contributed by atoms with Crippen molar-refractivity contribution in [3.8, 4) is 6.07 Å². The second-order valence-electron chi connectivity index (χ2n) is 4.79. The van der Waals surface area contributed by atoms with Gasteiger partial charge in [-0.3, -0.25) is 0 Å². The lowest BCUT2D eigenvalue weighted by Gasteiger charge is -2.26. The van der Waals surface area contributed by atoms with Crippen LogP contribution in [-0.4, -0.2) is 23.6 Å². The minimum absolute atomic E-state index is 0.213. The molecule has 0 saturated heterocycles. The zero-order chi connectivity index (χ0) is 11.5. The lowest BCUT2D eigenvalue weighted by molar-refractivity contribution is 0.417. The van der Waals surface area contributed by atoms with E-state index in [1.807, 2.05) is 18.0 Å². The van der Waals surface area contributed by atoms with E-state index in [0.29, 0.717) is 5.69 Å². The third-order valence-corrected chi connectivity index (χ3v) is 1.86. The van der Waals surface area contributed by atoms with Gasteiger partial charge in [0.15, 0.2) is 5.69 Å². The van der Waals surface area contributed by atoms with Gasteiger partial charge >= 0.3 is 0 Å². The highest BCUT2D eigenvalue weighted by atomic mass is 15.2. The fourth-order valence-corrected chi connectivity index (χ4v) is 1.37. The molecule has 0 aliphatic heterocycles. The maximum absolute atomic E-state index is 8.59. The first-order valence-electron chi connectivity index (χ1n) is 4.86. The van der Waals surface area contributed by atoms with Crippen molar-refractivity contribution in [2.45, 2.75) is 20.8 Å². The van der Waals surface area contributed by atoms with Crippen molar-refractivity contribution < 1.29 is 0 Å². The van der Waals surface area contributed by atoms with Gasteiger partial charge in [0.2, 0.25) is 0 Å². The van der Waals surface area contributed by atoms with Crippen molar-refractivity contribution >= 4 is 5.82 Å². The first-order chi connectivity index (χ1) is 6.92. The molecule has 0 N–H and O–H groups in total. The van der Waals surface area contributed by atoms with Crippen LogP contribution in [0.15, 0.2) is 12.4 Å². The Bertz CT molecular complexity index is 356. The third kappa shape index (κ3) is 3.55. The first kappa shape index (κ1) is 11.4. The maximum atomic E-state index is 8.59. The van der Waals surface area contributed by atoms with Crippen LogP contribution < -0.4 is 4.90 Å². The molecule has 0 unspecified atom stereocenters. The van der Waals surface area contributed by atoms with Gasteiger partial charge in [-0.15, -0.1) is 0 Å². The van der Waals surface area contributed by atoms with Gasteiger partial charge in [-0.2, -0.15) is 5.26 Å². The fraction of sp³-hybridized carbons (Fsp3) is 0.545. The summed E-state index contributed by atoms with van der Waals surface area (Å²) < 4.78 is 0. The summed E-state index contributed by atoms with van der Waals surface area (Å²) in [6.45, 7) is 7.40. The predicted molar refractivity (Wildman–Crippen MR) is 59.5 cm³/mol. The van der Waals surface area contributed by atoms with Crippen LogP contribution in [0.4, 0.5) is 5.82 Å². The number of hydrogen-bond donors (Lipinski definition) is 0. The monoisotopic (exact) mass is 204 g/mol. The Hall–Kier alpha value is -1.63. The zero-order valence-electron chi connectivity index (χ0n) is 9.65. The van der Waals surface area contributed by atoms with Gasteiger partial charge < -0.3 is 4.90 Å². The molecule has 0 fully saturated rings. The smallest absolute Gasteiger partial charge is 0.158 e. The Morgan fingerprint density at radius 2 is 2.00 bits per heavy atom. The minimum atomic E-state index is 0.213. The molecule has 1 heterocycles. The molecule has 0 saturated carbocycles. The number of rotatable bonds is 2. The van der Waals surface area contributed by atoms with E-state index in [2.05, 4.69) is 30.7 Å². The average molecular weight is 204 g/mol. The lowest BCUT2D eigenvalue weighted by atomic mass is 9.96. The Morgan fingerprint density at radius 3 is 2.40 bits per heavy atom. The molecule has 0 amide bonds. The van der Waals surface area contributed by atoms with E-state index in [0.717, 1.165) is 12.4 Å². The van der Waals surface area contributed by atoms with Crippen LogP contribution in [0.25, 0.3) is 0 Å². The maximum Gasteiger partial charge on any atom is 0.158 e. The van der Waals surface area contributed by atoms with E-state index in [-0.39, 0.29) is 5.41 Å². The van der Waals surface area contributed by atoms with Gasteiger partial charge in [0.1, 0.15) is 11.9 Å². The van der Waals surface area contributed by atoms with Crippen LogP contribution in [0.2, 0.25) is 0 Å². The van der Waals surface area contributed by atoms with E-state index < -0.39 is 0 Å². The highest BCUT2D eigenvalue weighted by Crippen LogP contribution is 2.17. The largest absolute Gasteiger partial charge is 0.358 e. The fourth-order valence-electron chi connectivity index (χ4n) is 1.37. The van der Waals surface area contributed by atoms with Crippen molar-refractivity contribution in [2.75, 3.05) is 18.5 Å². The van der Waals surface area contributed by atoms with Crippen LogP contribution in [0.5, 0.6) is 0 Å². The second-order valence-corrected chi connectivity index (χ2v) is 4.79. The molecule has 4 nitrogen and oxygen atoms in total. The summed E-state index contributed by atoms with van der Waals surface area (Å²) in [5.41, 5.74) is 0.563. The predicted octanol–water partition coefficient (Wildman–Crippen LogP) is 1.83. The highest BCUT2D eigenvalue weighted by molar-refractivity contribution is 5.36. The van der Waals surface area contributed by atoms with Crippen molar-refractivity contribution in [1.82, 2.24) is 9.97 Å². The molecule has 0 atom stereocenters. The summed E-state index contributed by atoms with van der Waals surface area (Å²) in [5, 5.41) is 8.59. The molecule has 1 rings (SSSR count). The molecule has 0 aliphatic carbocycles. The number of anilines is 1. The molecule has 15 heavy (non-hydrogen) atoms. The Kier molecular flexibility index (Phi) is 3.25. The Labute approximate surface area is 90.6 Å². The summed E-state index contributed by atoms with van der Waals surface area (Å²) in [4.78, 5) is 10.2. The Morgan fingerprint density at radius 1 is 1.33 bits per heavy atom. The summed E-state index contributed by atoms with van der Waals surface area (Å²) in [5.74, 6) is 0.795. The SMILES string of the molecule is CN(CC(C)(C)C)c1cnc(C#N)cn1. The van der Waals surface area contributed by atoms with Crippen molar-refractivity contribution in [1.29, 1.82) is 5.26 Å². The number of aromatic nitrogens is 2. The van der Waals surface area contributed by atoms with E-state index in [1.165, 1.54) is 6.20 Å².